The first kappa shape index (κ1) is 15.7. The van der Waals surface area contributed by atoms with E-state index in [-0.39, 0.29) is 5.91 Å². The SMILES string of the molecule is O=C(CN1CCC[C@H](c2ccccc2)C1)NCCc1cnc[nH]1. The first-order valence-electron chi connectivity index (χ1n) is 8.32. The van der Waals surface area contributed by atoms with Crippen LogP contribution < -0.4 is 5.32 Å². The number of rotatable bonds is 6. The number of piperidine rings is 1. The van der Waals surface area contributed by atoms with Gasteiger partial charge in [-0.25, -0.2) is 4.98 Å². The molecule has 23 heavy (non-hydrogen) atoms. The summed E-state index contributed by atoms with van der Waals surface area (Å²) >= 11 is 0. The van der Waals surface area contributed by atoms with Gasteiger partial charge in [0.15, 0.2) is 0 Å². The van der Waals surface area contributed by atoms with E-state index in [1.165, 1.54) is 12.0 Å². The van der Waals surface area contributed by atoms with E-state index in [0.717, 1.165) is 31.6 Å². The maximum Gasteiger partial charge on any atom is 0.234 e. The molecule has 5 heteroatoms. The standard InChI is InChI=1S/C18H24N4O/c23-18(20-9-8-17-11-19-14-21-17)13-22-10-4-7-16(12-22)15-5-2-1-3-6-15/h1-3,5-6,11,14,16H,4,7-10,12-13H2,(H,19,21)(H,20,23)/t16-/m0/s1. The summed E-state index contributed by atoms with van der Waals surface area (Å²) in [5.41, 5.74) is 2.43. The number of nitrogens with one attached hydrogen (secondary N) is 2. The Morgan fingerprint density at radius 2 is 2.22 bits per heavy atom. The molecule has 2 aromatic rings. The normalized spacial score (nSPS) is 18.7. The number of likely N-dealkylation sites (tertiary alicyclic amines) is 1. The molecule has 0 spiro atoms. The molecule has 0 saturated carbocycles. The number of imidazole rings is 1. The topological polar surface area (TPSA) is 61.0 Å². The summed E-state index contributed by atoms with van der Waals surface area (Å²) in [6.45, 7) is 3.12. The number of amides is 1. The van der Waals surface area contributed by atoms with Crippen LogP contribution in [-0.4, -0.2) is 47.0 Å². The van der Waals surface area contributed by atoms with E-state index in [4.69, 9.17) is 0 Å². The first-order valence-corrected chi connectivity index (χ1v) is 8.32. The van der Waals surface area contributed by atoms with Crippen molar-refractivity contribution in [2.45, 2.75) is 25.2 Å². The molecule has 1 aromatic heterocycles. The van der Waals surface area contributed by atoms with Crippen molar-refractivity contribution in [3.05, 3.63) is 54.1 Å². The molecule has 1 aliphatic heterocycles. The lowest BCUT2D eigenvalue weighted by molar-refractivity contribution is -0.122. The Bertz CT molecular complexity index is 597. The fourth-order valence-corrected chi connectivity index (χ4v) is 3.21. The highest BCUT2D eigenvalue weighted by molar-refractivity contribution is 5.78. The molecule has 5 nitrogen and oxygen atoms in total. The Morgan fingerprint density at radius 3 is 3.00 bits per heavy atom. The maximum absolute atomic E-state index is 12.1. The molecule has 0 aliphatic carbocycles. The Hall–Kier alpha value is -2.14. The van der Waals surface area contributed by atoms with Gasteiger partial charge in [0.2, 0.25) is 5.91 Å². The average Bonchev–Trinajstić information content (AvgIpc) is 3.09. The van der Waals surface area contributed by atoms with Crippen molar-refractivity contribution in [1.82, 2.24) is 20.2 Å². The Morgan fingerprint density at radius 1 is 1.35 bits per heavy atom. The van der Waals surface area contributed by atoms with Crippen molar-refractivity contribution in [2.24, 2.45) is 0 Å². The molecular weight excluding hydrogens is 288 g/mol. The lowest BCUT2D eigenvalue weighted by Crippen LogP contribution is -2.42. The van der Waals surface area contributed by atoms with E-state index in [1.54, 1.807) is 12.5 Å². The summed E-state index contributed by atoms with van der Waals surface area (Å²) in [6.07, 6.45) is 6.61. The number of nitrogens with zero attached hydrogens (tertiary/aromatic N) is 2. The minimum Gasteiger partial charge on any atom is -0.355 e. The molecule has 1 amide bonds. The Labute approximate surface area is 137 Å². The zero-order valence-electron chi connectivity index (χ0n) is 13.4. The van der Waals surface area contributed by atoms with Crippen LogP contribution in [0.2, 0.25) is 0 Å². The zero-order valence-corrected chi connectivity index (χ0v) is 13.4. The fraction of sp³-hybridized carbons (Fsp3) is 0.444. The largest absolute Gasteiger partial charge is 0.355 e. The van der Waals surface area contributed by atoms with Gasteiger partial charge in [-0.15, -0.1) is 0 Å². The van der Waals surface area contributed by atoms with Crippen LogP contribution in [-0.2, 0) is 11.2 Å². The second kappa shape index (κ2) is 7.92. The van der Waals surface area contributed by atoms with E-state index in [9.17, 15) is 4.79 Å². The number of carbonyl (C=O) groups excluding carboxylic acids is 1. The number of hydrogen-bond acceptors (Lipinski definition) is 3. The van der Waals surface area contributed by atoms with E-state index in [0.29, 0.717) is 19.0 Å². The van der Waals surface area contributed by atoms with Gasteiger partial charge in [-0.2, -0.15) is 0 Å². The van der Waals surface area contributed by atoms with E-state index >= 15 is 0 Å². The predicted molar refractivity (Wildman–Crippen MR) is 90.2 cm³/mol. The minimum atomic E-state index is 0.109. The van der Waals surface area contributed by atoms with E-state index in [1.807, 2.05) is 0 Å². The van der Waals surface area contributed by atoms with Gasteiger partial charge in [0, 0.05) is 31.4 Å². The van der Waals surface area contributed by atoms with Gasteiger partial charge in [0.25, 0.3) is 0 Å². The molecule has 2 heterocycles. The monoisotopic (exact) mass is 312 g/mol. The summed E-state index contributed by atoms with van der Waals surface area (Å²) in [5.74, 6) is 0.654. The van der Waals surface area contributed by atoms with Crippen LogP contribution in [0.5, 0.6) is 0 Å². The van der Waals surface area contributed by atoms with Crippen molar-refractivity contribution in [3.63, 3.8) is 0 Å². The molecule has 1 saturated heterocycles. The molecule has 1 aromatic carbocycles. The summed E-state index contributed by atoms with van der Waals surface area (Å²) < 4.78 is 0. The number of hydrogen-bond donors (Lipinski definition) is 2. The van der Waals surface area contributed by atoms with Gasteiger partial charge in [-0.3, -0.25) is 9.69 Å². The molecule has 0 unspecified atom stereocenters. The van der Waals surface area contributed by atoms with Crippen LogP contribution in [0.3, 0.4) is 0 Å². The zero-order chi connectivity index (χ0) is 15.9. The van der Waals surface area contributed by atoms with Crippen LogP contribution in [0.1, 0.15) is 30.0 Å². The lowest BCUT2D eigenvalue weighted by Gasteiger charge is -2.32. The summed E-state index contributed by atoms with van der Waals surface area (Å²) in [7, 11) is 0. The summed E-state index contributed by atoms with van der Waals surface area (Å²) in [5, 5.41) is 2.99. The second-order valence-electron chi connectivity index (χ2n) is 6.16. The van der Waals surface area contributed by atoms with Crippen LogP contribution in [0.4, 0.5) is 0 Å². The molecule has 2 N–H and O–H groups in total. The second-order valence-corrected chi connectivity index (χ2v) is 6.16. The summed E-state index contributed by atoms with van der Waals surface area (Å²) in [4.78, 5) is 21.4. The maximum atomic E-state index is 12.1. The van der Waals surface area contributed by atoms with Crippen molar-refractivity contribution >= 4 is 5.91 Å². The number of carbonyl (C=O) groups is 1. The van der Waals surface area contributed by atoms with Crippen molar-refractivity contribution < 1.29 is 4.79 Å². The van der Waals surface area contributed by atoms with Crippen LogP contribution in [0.25, 0.3) is 0 Å². The van der Waals surface area contributed by atoms with Gasteiger partial charge < -0.3 is 10.3 Å². The highest BCUT2D eigenvalue weighted by Crippen LogP contribution is 2.26. The van der Waals surface area contributed by atoms with Gasteiger partial charge in [0.05, 0.1) is 12.9 Å². The van der Waals surface area contributed by atoms with E-state index < -0.39 is 0 Å². The quantitative estimate of drug-likeness (QED) is 0.857. The molecule has 0 radical (unpaired) electrons. The third kappa shape index (κ3) is 4.66. The van der Waals surface area contributed by atoms with Crippen molar-refractivity contribution in [3.8, 4) is 0 Å². The van der Waals surface area contributed by atoms with Crippen LogP contribution in [0, 0.1) is 0 Å². The third-order valence-corrected chi connectivity index (χ3v) is 4.42. The minimum absolute atomic E-state index is 0.109. The van der Waals surface area contributed by atoms with Gasteiger partial charge in [-0.1, -0.05) is 30.3 Å². The van der Waals surface area contributed by atoms with Crippen molar-refractivity contribution in [1.29, 1.82) is 0 Å². The number of aromatic nitrogens is 2. The molecule has 122 valence electrons. The van der Waals surface area contributed by atoms with Gasteiger partial charge in [0.1, 0.15) is 0 Å². The number of benzene rings is 1. The Balaban J connectivity index is 1.43. The molecule has 1 atom stereocenters. The molecular formula is C18H24N4O. The third-order valence-electron chi connectivity index (χ3n) is 4.42. The lowest BCUT2D eigenvalue weighted by atomic mass is 9.91. The van der Waals surface area contributed by atoms with E-state index in [2.05, 4.69) is 50.5 Å². The summed E-state index contributed by atoms with van der Waals surface area (Å²) in [6, 6.07) is 10.6. The average molecular weight is 312 g/mol. The van der Waals surface area contributed by atoms with Crippen LogP contribution in [0.15, 0.2) is 42.9 Å². The van der Waals surface area contributed by atoms with Crippen LogP contribution >= 0.6 is 0 Å². The molecule has 1 aliphatic rings. The van der Waals surface area contributed by atoms with Gasteiger partial charge in [-0.05, 0) is 30.9 Å². The van der Waals surface area contributed by atoms with Gasteiger partial charge >= 0.3 is 0 Å². The predicted octanol–water partition coefficient (Wildman–Crippen LogP) is 1.95. The van der Waals surface area contributed by atoms with Crippen molar-refractivity contribution in [2.75, 3.05) is 26.2 Å². The molecule has 3 rings (SSSR count). The molecule has 1 fully saturated rings. The fourth-order valence-electron chi connectivity index (χ4n) is 3.21. The Kier molecular flexibility index (Phi) is 5.42. The highest BCUT2D eigenvalue weighted by atomic mass is 16.2. The molecule has 0 bridgehead atoms. The number of aromatic amines is 1. The number of H-pyrrole nitrogens is 1. The first-order chi connectivity index (χ1) is 11.3. The smallest absolute Gasteiger partial charge is 0.234 e. The highest BCUT2D eigenvalue weighted by Gasteiger charge is 2.22.